The third-order valence-electron chi connectivity index (χ3n) is 3.42. The van der Waals surface area contributed by atoms with E-state index in [2.05, 4.69) is 31.1 Å². The third kappa shape index (κ3) is 3.96. The minimum absolute atomic E-state index is 0.0428. The average Bonchev–Trinajstić information content (AvgIpc) is 2.76. The first-order valence-electron chi connectivity index (χ1n) is 7.38. The van der Waals surface area contributed by atoms with E-state index >= 15 is 0 Å². The SMILES string of the molecule is COc1ncccc1C(=O)N[C@H]1CC(=O)N(CC(C)(C)C)C1. The maximum absolute atomic E-state index is 12.3. The maximum Gasteiger partial charge on any atom is 0.257 e. The molecule has 22 heavy (non-hydrogen) atoms. The fraction of sp³-hybridized carbons (Fsp3) is 0.562. The van der Waals surface area contributed by atoms with Crippen LogP contribution in [0.5, 0.6) is 5.88 Å². The summed E-state index contributed by atoms with van der Waals surface area (Å²) in [6.07, 6.45) is 1.91. The van der Waals surface area contributed by atoms with Gasteiger partial charge in [-0.25, -0.2) is 4.98 Å². The van der Waals surface area contributed by atoms with Crippen molar-refractivity contribution in [1.82, 2.24) is 15.2 Å². The molecule has 1 aliphatic rings. The summed E-state index contributed by atoms with van der Waals surface area (Å²) in [7, 11) is 1.48. The number of ether oxygens (including phenoxy) is 1. The quantitative estimate of drug-likeness (QED) is 0.914. The van der Waals surface area contributed by atoms with Gasteiger partial charge in [-0.15, -0.1) is 0 Å². The van der Waals surface area contributed by atoms with Crippen molar-refractivity contribution in [3.63, 3.8) is 0 Å². The van der Waals surface area contributed by atoms with Gasteiger partial charge in [0.2, 0.25) is 11.8 Å². The summed E-state index contributed by atoms with van der Waals surface area (Å²) in [5.74, 6) is 0.106. The smallest absolute Gasteiger partial charge is 0.257 e. The van der Waals surface area contributed by atoms with Gasteiger partial charge in [-0.2, -0.15) is 0 Å². The first-order chi connectivity index (χ1) is 10.3. The van der Waals surface area contributed by atoms with Crippen LogP contribution in [0.2, 0.25) is 0 Å². The summed E-state index contributed by atoms with van der Waals surface area (Å²) in [5.41, 5.74) is 0.424. The zero-order valence-electron chi connectivity index (χ0n) is 13.5. The van der Waals surface area contributed by atoms with Gasteiger partial charge in [-0.3, -0.25) is 9.59 Å². The van der Waals surface area contributed by atoms with Crippen LogP contribution in [0, 0.1) is 5.41 Å². The molecule has 0 bridgehead atoms. The molecule has 0 radical (unpaired) electrons. The molecular weight excluding hydrogens is 282 g/mol. The molecule has 0 aliphatic carbocycles. The molecule has 1 aliphatic heterocycles. The Labute approximate surface area is 130 Å². The van der Waals surface area contributed by atoms with Crippen LogP contribution in [0.3, 0.4) is 0 Å². The number of hydrogen-bond donors (Lipinski definition) is 1. The molecular formula is C16H23N3O3. The monoisotopic (exact) mass is 305 g/mol. The van der Waals surface area contributed by atoms with E-state index in [1.54, 1.807) is 18.3 Å². The zero-order valence-corrected chi connectivity index (χ0v) is 13.5. The van der Waals surface area contributed by atoms with E-state index in [1.165, 1.54) is 7.11 Å². The molecule has 1 N–H and O–H groups in total. The maximum atomic E-state index is 12.3. The molecule has 2 amide bonds. The van der Waals surface area contributed by atoms with E-state index in [1.807, 2.05) is 4.90 Å². The lowest BCUT2D eigenvalue weighted by Gasteiger charge is -2.26. The molecule has 6 nitrogen and oxygen atoms in total. The Balaban J connectivity index is 2.00. The predicted molar refractivity (Wildman–Crippen MR) is 82.7 cm³/mol. The second-order valence-corrected chi connectivity index (χ2v) is 6.77. The van der Waals surface area contributed by atoms with E-state index in [-0.39, 0.29) is 29.2 Å². The molecule has 1 saturated heterocycles. The van der Waals surface area contributed by atoms with Crippen molar-refractivity contribution in [2.24, 2.45) is 5.41 Å². The average molecular weight is 305 g/mol. The molecule has 1 aromatic heterocycles. The van der Waals surface area contributed by atoms with Gasteiger partial charge in [-0.05, 0) is 17.5 Å². The molecule has 1 aromatic rings. The number of rotatable bonds is 4. The van der Waals surface area contributed by atoms with Gasteiger partial charge in [-0.1, -0.05) is 20.8 Å². The van der Waals surface area contributed by atoms with Crippen LogP contribution >= 0.6 is 0 Å². The summed E-state index contributed by atoms with van der Waals surface area (Å²) in [6.45, 7) is 7.50. The fourth-order valence-corrected chi connectivity index (χ4v) is 2.58. The minimum Gasteiger partial charge on any atom is -0.480 e. The summed E-state index contributed by atoms with van der Waals surface area (Å²) in [6, 6.07) is 3.17. The predicted octanol–water partition coefficient (Wildman–Crippen LogP) is 1.47. The topological polar surface area (TPSA) is 71.5 Å². The van der Waals surface area contributed by atoms with Crippen LogP contribution in [0.25, 0.3) is 0 Å². The Bertz CT molecular complexity index is 566. The van der Waals surface area contributed by atoms with Crippen molar-refractivity contribution in [3.05, 3.63) is 23.9 Å². The number of nitrogens with zero attached hydrogens (tertiary/aromatic N) is 2. The largest absolute Gasteiger partial charge is 0.480 e. The van der Waals surface area contributed by atoms with E-state index in [0.29, 0.717) is 25.1 Å². The molecule has 6 heteroatoms. The highest BCUT2D eigenvalue weighted by Crippen LogP contribution is 2.21. The second-order valence-electron chi connectivity index (χ2n) is 6.77. The van der Waals surface area contributed by atoms with Crippen LogP contribution in [-0.2, 0) is 4.79 Å². The molecule has 0 unspecified atom stereocenters. The van der Waals surface area contributed by atoms with E-state index in [9.17, 15) is 9.59 Å². The van der Waals surface area contributed by atoms with Crippen LogP contribution in [0.15, 0.2) is 18.3 Å². The van der Waals surface area contributed by atoms with Crippen LogP contribution in [0.4, 0.5) is 0 Å². The molecule has 120 valence electrons. The lowest BCUT2D eigenvalue weighted by Crippen LogP contribution is -2.39. The van der Waals surface area contributed by atoms with Gasteiger partial charge >= 0.3 is 0 Å². The van der Waals surface area contributed by atoms with Crippen LogP contribution in [0.1, 0.15) is 37.6 Å². The number of hydrogen-bond acceptors (Lipinski definition) is 4. The Morgan fingerprint density at radius 2 is 2.23 bits per heavy atom. The standard InChI is InChI=1S/C16H23N3O3/c1-16(2,3)10-19-9-11(8-13(19)20)18-14(21)12-6-5-7-17-15(12)22-4/h5-7,11H,8-10H2,1-4H3,(H,18,21)/t11-/m0/s1. The Hall–Kier alpha value is -2.11. The number of carbonyl (C=O) groups is 2. The van der Waals surface area contributed by atoms with Gasteiger partial charge in [0.25, 0.3) is 5.91 Å². The van der Waals surface area contributed by atoms with E-state index < -0.39 is 0 Å². The number of methoxy groups -OCH3 is 1. The van der Waals surface area contributed by atoms with Crippen LogP contribution < -0.4 is 10.1 Å². The molecule has 2 rings (SSSR count). The summed E-state index contributed by atoms with van der Waals surface area (Å²) < 4.78 is 5.09. The number of pyridine rings is 1. The number of nitrogens with one attached hydrogen (secondary N) is 1. The summed E-state index contributed by atoms with van der Waals surface area (Å²) in [5, 5.41) is 2.89. The lowest BCUT2D eigenvalue weighted by atomic mass is 9.96. The summed E-state index contributed by atoms with van der Waals surface area (Å²) >= 11 is 0. The number of likely N-dealkylation sites (tertiary alicyclic amines) is 1. The Morgan fingerprint density at radius 3 is 2.86 bits per heavy atom. The fourth-order valence-electron chi connectivity index (χ4n) is 2.58. The van der Waals surface area contributed by atoms with Gasteiger partial charge in [0, 0.05) is 25.7 Å². The molecule has 1 atom stereocenters. The second kappa shape index (κ2) is 6.34. The molecule has 0 aromatic carbocycles. The third-order valence-corrected chi connectivity index (χ3v) is 3.42. The first kappa shape index (κ1) is 16.3. The van der Waals surface area contributed by atoms with Gasteiger partial charge in [0.05, 0.1) is 13.2 Å². The van der Waals surface area contributed by atoms with Crippen molar-refractivity contribution in [3.8, 4) is 5.88 Å². The highest BCUT2D eigenvalue weighted by atomic mass is 16.5. The molecule has 0 spiro atoms. The first-order valence-corrected chi connectivity index (χ1v) is 7.38. The zero-order chi connectivity index (χ0) is 16.3. The molecule has 0 saturated carbocycles. The van der Waals surface area contributed by atoms with Gasteiger partial charge in [0.15, 0.2) is 0 Å². The normalized spacial score (nSPS) is 18.5. The van der Waals surface area contributed by atoms with E-state index in [0.717, 1.165) is 0 Å². The van der Waals surface area contributed by atoms with Crippen molar-refractivity contribution < 1.29 is 14.3 Å². The van der Waals surface area contributed by atoms with Crippen LogP contribution in [-0.4, -0.2) is 47.9 Å². The Kier molecular flexibility index (Phi) is 4.68. The van der Waals surface area contributed by atoms with Gasteiger partial charge < -0.3 is 15.0 Å². The van der Waals surface area contributed by atoms with Gasteiger partial charge in [0.1, 0.15) is 5.56 Å². The number of carbonyl (C=O) groups excluding carboxylic acids is 2. The van der Waals surface area contributed by atoms with Crippen molar-refractivity contribution in [2.75, 3.05) is 20.2 Å². The minimum atomic E-state index is -0.264. The van der Waals surface area contributed by atoms with Crippen molar-refractivity contribution in [2.45, 2.75) is 33.2 Å². The van der Waals surface area contributed by atoms with E-state index in [4.69, 9.17) is 4.74 Å². The molecule has 1 fully saturated rings. The molecule has 2 heterocycles. The van der Waals surface area contributed by atoms with Crippen molar-refractivity contribution in [1.29, 1.82) is 0 Å². The highest BCUT2D eigenvalue weighted by Gasteiger charge is 2.33. The lowest BCUT2D eigenvalue weighted by molar-refractivity contribution is -0.128. The number of amides is 2. The Morgan fingerprint density at radius 1 is 1.50 bits per heavy atom. The van der Waals surface area contributed by atoms with Crippen molar-refractivity contribution >= 4 is 11.8 Å². The number of aromatic nitrogens is 1. The summed E-state index contributed by atoms with van der Waals surface area (Å²) in [4.78, 5) is 30.2. The highest BCUT2D eigenvalue weighted by molar-refractivity contribution is 5.97.